The Balaban J connectivity index is 0. The summed E-state index contributed by atoms with van der Waals surface area (Å²) < 4.78 is 26.5. The number of aryl methyl sites for hydroxylation is 1. The molecular weight excluding hydrogens is 380 g/mol. The first-order chi connectivity index (χ1) is 12.7. The van der Waals surface area contributed by atoms with Crippen molar-refractivity contribution in [2.24, 2.45) is 0 Å². The third-order valence-electron chi connectivity index (χ3n) is 3.11. The molecule has 2 rings (SSSR count). The molecular formula is C21H35ClN2O2S. The van der Waals surface area contributed by atoms with E-state index in [0.29, 0.717) is 16.1 Å². The smallest absolute Gasteiger partial charge is 0.237 e. The minimum Gasteiger partial charge on any atom is -0.237 e. The lowest BCUT2D eigenvalue weighted by Crippen LogP contribution is -2.12. The highest BCUT2D eigenvalue weighted by molar-refractivity contribution is 7.93. The number of halogens is 1. The molecule has 0 saturated carbocycles. The zero-order valence-electron chi connectivity index (χ0n) is 18.4. The molecule has 2 heterocycles. The largest absolute Gasteiger partial charge is 0.265 e. The highest BCUT2D eigenvalue weighted by atomic mass is 35.5. The fraction of sp³-hybridized carbons (Fsp3) is 0.476. The number of aromatic nitrogens is 2. The van der Waals surface area contributed by atoms with Crippen molar-refractivity contribution in [3.8, 4) is 0 Å². The summed E-state index contributed by atoms with van der Waals surface area (Å²) in [6.07, 6.45) is 6.42. The molecule has 0 unspecified atom stereocenters. The molecule has 27 heavy (non-hydrogen) atoms. The molecule has 0 aliphatic carbocycles. The summed E-state index contributed by atoms with van der Waals surface area (Å²) in [6.45, 7) is 19.2. The molecule has 0 aliphatic rings. The molecule has 2 aromatic rings. The average Bonchev–Trinajstić information content (AvgIpc) is 3.03. The van der Waals surface area contributed by atoms with Crippen LogP contribution in [0.4, 0.5) is 0 Å². The van der Waals surface area contributed by atoms with Crippen molar-refractivity contribution in [2.75, 3.05) is 0 Å². The lowest BCUT2D eigenvalue weighted by Gasteiger charge is -2.06. The molecule has 0 aromatic carbocycles. The van der Waals surface area contributed by atoms with Crippen LogP contribution < -0.4 is 0 Å². The molecule has 154 valence electrons. The second-order valence-corrected chi connectivity index (χ2v) is 7.52. The van der Waals surface area contributed by atoms with Crippen LogP contribution >= 0.6 is 11.6 Å². The first-order valence-corrected chi connectivity index (χ1v) is 11.3. The van der Waals surface area contributed by atoms with Gasteiger partial charge in [-0.25, -0.2) is 17.4 Å². The van der Waals surface area contributed by atoms with E-state index in [0.717, 1.165) is 11.1 Å². The predicted molar refractivity (Wildman–Crippen MR) is 121 cm³/mol. The maximum absolute atomic E-state index is 12.7. The van der Waals surface area contributed by atoms with Crippen LogP contribution in [-0.4, -0.2) is 17.4 Å². The summed E-state index contributed by atoms with van der Waals surface area (Å²) in [5.74, 6) is 0. The second-order valence-electron chi connectivity index (χ2n) is 5.13. The van der Waals surface area contributed by atoms with Crippen LogP contribution in [0.25, 0.3) is 11.0 Å². The van der Waals surface area contributed by atoms with Crippen molar-refractivity contribution < 1.29 is 8.42 Å². The number of rotatable bonds is 3. The van der Waals surface area contributed by atoms with E-state index >= 15 is 0 Å². The molecule has 0 saturated heterocycles. The zero-order chi connectivity index (χ0) is 21.8. The molecule has 0 aliphatic heterocycles. The van der Waals surface area contributed by atoms with Crippen LogP contribution in [0.15, 0.2) is 41.1 Å². The number of pyridine rings is 1. The summed E-state index contributed by atoms with van der Waals surface area (Å²) in [6, 6.07) is 1.65. The van der Waals surface area contributed by atoms with Crippen molar-refractivity contribution >= 4 is 32.7 Å². The maximum atomic E-state index is 12.7. The maximum Gasteiger partial charge on any atom is 0.265 e. The van der Waals surface area contributed by atoms with Crippen LogP contribution in [0.1, 0.15) is 67.9 Å². The monoisotopic (exact) mass is 414 g/mol. The van der Waals surface area contributed by atoms with Gasteiger partial charge in [0.15, 0.2) is 5.65 Å². The Hall–Kier alpha value is -1.59. The summed E-state index contributed by atoms with van der Waals surface area (Å²) in [4.78, 5) is 4.42. The molecule has 0 atom stereocenters. The predicted octanol–water partition coefficient (Wildman–Crippen LogP) is 7.12. The quantitative estimate of drug-likeness (QED) is 0.502. The SMILES string of the molecule is CC.CC.CC.CC(C)=C/C=C(\C)S(=O)(=O)n1cc(C)c2c(Cl)ccnc21. The Labute approximate surface area is 171 Å². The van der Waals surface area contributed by atoms with E-state index in [-0.39, 0.29) is 4.91 Å². The van der Waals surface area contributed by atoms with E-state index in [9.17, 15) is 8.42 Å². The van der Waals surface area contributed by atoms with Crippen LogP contribution in [-0.2, 0) is 10.0 Å². The van der Waals surface area contributed by atoms with Crippen molar-refractivity contribution in [1.82, 2.24) is 8.96 Å². The van der Waals surface area contributed by atoms with Crippen molar-refractivity contribution in [3.63, 3.8) is 0 Å². The topological polar surface area (TPSA) is 52.0 Å². The fourth-order valence-corrected chi connectivity index (χ4v) is 3.47. The van der Waals surface area contributed by atoms with Gasteiger partial charge in [-0.2, -0.15) is 0 Å². The van der Waals surface area contributed by atoms with Crippen LogP contribution in [0.5, 0.6) is 0 Å². The first-order valence-electron chi connectivity index (χ1n) is 9.44. The molecule has 0 N–H and O–H groups in total. The van der Waals surface area contributed by atoms with Crippen molar-refractivity contribution in [1.29, 1.82) is 0 Å². The summed E-state index contributed by atoms with van der Waals surface area (Å²) >= 11 is 6.14. The molecule has 6 heteroatoms. The van der Waals surface area contributed by atoms with Gasteiger partial charge in [0.05, 0.1) is 9.93 Å². The van der Waals surface area contributed by atoms with Gasteiger partial charge in [0.25, 0.3) is 10.0 Å². The number of nitrogens with zero attached hydrogens (tertiary/aromatic N) is 2. The Kier molecular flexibility index (Phi) is 13.9. The standard InChI is InChI=1S/C15H17ClN2O2S.3C2H6/c1-10(2)5-6-12(4)21(19,20)18-9-11(3)14-13(16)7-8-17-15(14)18;3*1-2/h5-9H,1-4H3;3*1-2H3/b12-6+;;;. The van der Waals surface area contributed by atoms with Gasteiger partial charge in [0.1, 0.15) is 0 Å². The molecule has 0 amide bonds. The van der Waals surface area contributed by atoms with Crippen molar-refractivity contribution in [3.05, 3.63) is 51.7 Å². The van der Waals surface area contributed by atoms with Gasteiger partial charge >= 0.3 is 0 Å². The minimum absolute atomic E-state index is 0.252. The normalized spacial score (nSPS) is 10.6. The van der Waals surface area contributed by atoms with Gasteiger partial charge in [-0.3, -0.25) is 0 Å². The van der Waals surface area contributed by atoms with Gasteiger partial charge < -0.3 is 0 Å². The van der Waals surface area contributed by atoms with Crippen LogP contribution in [0.3, 0.4) is 0 Å². The molecule has 4 nitrogen and oxygen atoms in total. The van der Waals surface area contributed by atoms with Gasteiger partial charge in [0, 0.05) is 17.8 Å². The Morgan fingerprint density at radius 2 is 1.56 bits per heavy atom. The third kappa shape index (κ3) is 7.15. The molecule has 0 fully saturated rings. The Bertz CT molecular complexity index is 860. The number of allylic oxidation sites excluding steroid dienone is 4. The van der Waals surface area contributed by atoms with Crippen LogP contribution in [0.2, 0.25) is 5.02 Å². The van der Waals surface area contributed by atoms with Gasteiger partial charge in [0.2, 0.25) is 0 Å². The minimum atomic E-state index is -3.65. The van der Waals surface area contributed by atoms with Gasteiger partial charge in [-0.05, 0) is 45.4 Å². The molecule has 0 radical (unpaired) electrons. The second kappa shape index (κ2) is 13.6. The first kappa shape index (κ1) is 27.6. The summed E-state index contributed by atoms with van der Waals surface area (Å²) in [5, 5.41) is 1.16. The fourth-order valence-electron chi connectivity index (χ4n) is 1.97. The number of fused-ring (bicyclic) bond motifs is 1. The third-order valence-corrected chi connectivity index (χ3v) is 5.17. The molecule has 2 aromatic heterocycles. The number of hydrogen-bond acceptors (Lipinski definition) is 3. The van der Waals surface area contributed by atoms with E-state index in [2.05, 4.69) is 4.98 Å². The van der Waals surface area contributed by atoms with Crippen LogP contribution in [0, 0.1) is 6.92 Å². The Morgan fingerprint density at radius 1 is 1.04 bits per heavy atom. The number of hydrogen-bond donors (Lipinski definition) is 0. The van der Waals surface area contributed by atoms with Crippen molar-refractivity contribution in [2.45, 2.75) is 69.2 Å². The summed E-state index contributed by atoms with van der Waals surface area (Å²) in [7, 11) is -3.65. The van der Waals surface area contributed by atoms with Gasteiger partial charge in [-0.1, -0.05) is 64.8 Å². The Morgan fingerprint density at radius 3 is 2.04 bits per heavy atom. The zero-order valence-corrected chi connectivity index (χ0v) is 20.0. The highest BCUT2D eigenvalue weighted by Crippen LogP contribution is 2.28. The lowest BCUT2D eigenvalue weighted by molar-refractivity contribution is 0.595. The van der Waals surface area contributed by atoms with E-state index in [1.54, 1.807) is 31.3 Å². The molecule has 0 spiro atoms. The molecule has 0 bridgehead atoms. The van der Waals surface area contributed by atoms with E-state index < -0.39 is 10.0 Å². The van der Waals surface area contributed by atoms with Gasteiger partial charge in [-0.15, -0.1) is 0 Å². The van der Waals surface area contributed by atoms with E-state index in [1.807, 2.05) is 62.3 Å². The lowest BCUT2D eigenvalue weighted by atomic mass is 10.2. The summed E-state index contributed by atoms with van der Waals surface area (Å²) in [5.41, 5.74) is 2.16. The average molecular weight is 415 g/mol. The van der Waals surface area contributed by atoms with E-state index in [4.69, 9.17) is 11.6 Å². The van der Waals surface area contributed by atoms with E-state index in [1.165, 1.54) is 10.2 Å². The highest BCUT2D eigenvalue weighted by Gasteiger charge is 2.21.